The summed E-state index contributed by atoms with van der Waals surface area (Å²) in [5, 5.41) is 6.38. The maximum absolute atomic E-state index is 13.3. The van der Waals surface area contributed by atoms with E-state index in [-0.39, 0.29) is 16.5 Å². The second-order valence-electron chi connectivity index (χ2n) is 6.04. The number of carbonyl (C=O) groups is 1. The van der Waals surface area contributed by atoms with E-state index >= 15 is 0 Å². The molecule has 9 heteroatoms. The highest BCUT2D eigenvalue weighted by molar-refractivity contribution is 7.92. The van der Waals surface area contributed by atoms with Gasteiger partial charge in [-0.2, -0.15) is 0 Å². The van der Waals surface area contributed by atoms with Crippen LogP contribution in [0.3, 0.4) is 0 Å². The van der Waals surface area contributed by atoms with E-state index in [0.29, 0.717) is 18.5 Å². The van der Waals surface area contributed by atoms with Crippen LogP contribution < -0.4 is 10.0 Å². The van der Waals surface area contributed by atoms with Crippen molar-refractivity contribution in [2.24, 2.45) is 0 Å². The minimum atomic E-state index is -3.96. The van der Waals surface area contributed by atoms with E-state index in [9.17, 15) is 17.6 Å². The fraction of sp³-hybridized carbons (Fsp3) is 0.158. The lowest BCUT2D eigenvalue weighted by molar-refractivity contribution is 0.0953. The number of carbonyl (C=O) groups excluding carboxylic acids is 1. The Morgan fingerprint density at radius 1 is 1.14 bits per heavy atom. The molecule has 1 aromatic heterocycles. The lowest BCUT2D eigenvalue weighted by atomic mass is 10.1. The van der Waals surface area contributed by atoms with E-state index in [4.69, 9.17) is 4.52 Å². The van der Waals surface area contributed by atoms with Gasteiger partial charge in [0.15, 0.2) is 0 Å². The Hall–Kier alpha value is -3.20. The van der Waals surface area contributed by atoms with Crippen molar-refractivity contribution < 1.29 is 22.1 Å². The Balaban J connectivity index is 1.60. The average Bonchev–Trinajstić information content (AvgIpc) is 3.18. The van der Waals surface area contributed by atoms with E-state index in [1.54, 1.807) is 24.6 Å². The Kier molecular flexibility index (Phi) is 6.05. The van der Waals surface area contributed by atoms with Gasteiger partial charge in [-0.05, 0) is 49.2 Å². The molecule has 28 heavy (non-hydrogen) atoms. The van der Waals surface area contributed by atoms with E-state index in [0.717, 1.165) is 24.1 Å². The van der Waals surface area contributed by atoms with Crippen LogP contribution in [-0.2, 0) is 16.4 Å². The van der Waals surface area contributed by atoms with Gasteiger partial charge < -0.3 is 9.84 Å². The number of aromatic nitrogens is 1. The summed E-state index contributed by atoms with van der Waals surface area (Å²) < 4.78 is 45.1. The highest BCUT2D eigenvalue weighted by Crippen LogP contribution is 2.18. The van der Waals surface area contributed by atoms with Crippen LogP contribution in [0.15, 0.2) is 70.4 Å². The molecule has 0 saturated heterocycles. The number of nitrogens with one attached hydrogen (secondary N) is 2. The largest absolute Gasteiger partial charge is 0.364 e. The molecule has 0 aliphatic heterocycles. The predicted octanol–water partition coefficient (Wildman–Crippen LogP) is 2.98. The highest BCUT2D eigenvalue weighted by Gasteiger charge is 2.15. The number of nitrogens with zero attached hydrogens (tertiary/aromatic N) is 1. The van der Waals surface area contributed by atoms with Crippen LogP contribution in [0.2, 0.25) is 0 Å². The summed E-state index contributed by atoms with van der Waals surface area (Å²) in [6, 6.07) is 10.8. The van der Waals surface area contributed by atoms with Gasteiger partial charge in [0, 0.05) is 23.4 Å². The van der Waals surface area contributed by atoms with Crippen molar-refractivity contribution in [2.45, 2.75) is 17.7 Å². The van der Waals surface area contributed by atoms with E-state index in [1.807, 2.05) is 0 Å². The van der Waals surface area contributed by atoms with Gasteiger partial charge in [0.2, 0.25) is 0 Å². The molecule has 1 amide bonds. The summed E-state index contributed by atoms with van der Waals surface area (Å²) in [5.74, 6) is -0.973. The zero-order chi connectivity index (χ0) is 20.0. The van der Waals surface area contributed by atoms with Crippen molar-refractivity contribution in [2.75, 3.05) is 11.3 Å². The van der Waals surface area contributed by atoms with Gasteiger partial charge in [0.25, 0.3) is 15.9 Å². The minimum absolute atomic E-state index is 0.198. The molecule has 3 rings (SSSR count). The topological polar surface area (TPSA) is 101 Å². The fourth-order valence-corrected chi connectivity index (χ4v) is 3.60. The van der Waals surface area contributed by atoms with Crippen LogP contribution in [0.5, 0.6) is 0 Å². The Labute approximate surface area is 161 Å². The van der Waals surface area contributed by atoms with Crippen molar-refractivity contribution in [3.05, 3.63) is 77.9 Å². The molecular weight excluding hydrogens is 385 g/mol. The van der Waals surface area contributed by atoms with E-state index in [2.05, 4.69) is 15.2 Å². The van der Waals surface area contributed by atoms with Crippen LogP contribution in [0.1, 0.15) is 22.3 Å². The molecule has 7 nitrogen and oxygen atoms in total. The zero-order valence-electron chi connectivity index (χ0n) is 14.8. The molecule has 0 radical (unpaired) electrons. The lowest BCUT2D eigenvalue weighted by Gasteiger charge is -2.10. The number of rotatable bonds is 8. The van der Waals surface area contributed by atoms with Crippen LogP contribution in [0.25, 0.3) is 0 Å². The number of benzene rings is 2. The van der Waals surface area contributed by atoms with Gasteiger partial charge in [-0.1, -0.05) is 17.3 Å². The number of sulfonamides is 1. The molecule has 2 N–H and O–H groups in total. The maximum atomic E-state index is 13.3. The fourth-order valence-electron chi connectivity index (χ4n) is 2.52. The van der Waals surface area contributed by atoms with Gasteiger partial charge in [0.1, 0.15) is 12.1 Å². The summed E-state index contributed by atoms with van der Waals surface area (Å²) in [5.41, 5.74) is 1.47. The third-order valence-corrected chi connectivity index (χ3v) is 5.27. The predicted molar refractivity (Wildman–Crippen MR) is 101 cm³/mol. The number of hydrogen-bond donors (Lipinski definition) is 2. The molecule has 2 aromatic carbocycles. The first-order valence-electron chi connectivity index (χ1n) is 8.49. The second kappa shape index (κ2) is 8.66. The summed E-state index contributed by atoms with van der Waals surface area (Å²) in [7, 11) is -3.96. The first-order valence-corrected chi connectivity index (χ1v) is 9.97. The smallest absolute Gasteiger partial charge is 0.261 e. The standard InChI is InChI=1S/C19H18FN3O4S/c20-16-6-2-8-18(11-16)28(25,26)23-17-7-1-5-15(10-17)19(24)21-9-3-4-14-12-22-27-13-14/h1-2,5-8,10-13,23H,3-4,9H2,(H,21,24). The van der Waals surface area contributed by atoms with Gasteiger partial charge >= 0.3 is 0 Å². The van der Waals surface area contributed by atoms with Crippen molar-refractivity contribution in [1.29, 1.82) is 0 Å². The van der Waals surface area contributed by atoms with Gasteiger partial charge in [-0.25, -0.2) is 12.8 Å². The Morgan fingerprint density at radius 3 is 2.71 bits per heavy atom. The highest BCUT2D eigenvalue weighted by atomic mass is 32.2. The van der Waals surface area contributed by atoms with Gasteiger partial charge in [-0.15, -0.1) is 0 Å². The molecule has 0 bridgehead atoms. The summed E-state index contributed by atoms with van der Waals surface area (Å²) in [6.07, 6.45) is 4.60. The monoisotopic (exact) mass is 403 g/mol. The van der Waals surface area contributed by atoms with Crippen molar-refractivity contribution in [3.63, 3.8) is 0 Å². The maximum Gasteiger partial charge on any atom is 0.261 e. The van der Waals surface area contributed by atoms with Gasteiger partial charge in [0.05, 0.1) is 11.1 Å². The van der Waals surface area contributed by atoms with Crippen molar-refractivity contribution in [3.8, 4) is 0 Å². The SMILES string of the molecule is O=C(NCCCc1cnoc1)c1cccc(NS(=O)(=O)c2cccc(F)c2)c1. The molecule has 0 aliphatic rings. The molecule has 3 aromatic rings. The number of anilines is 1. The number of hydrogen-bond acceptors (Lipinski definition) is 5. The third kappa shape index (κ3) is 5.17. The third-order valence-electron chi connectivity index (χ3n) is 3.89. The number of halogens is 1. The van der Waals surface area contributed by atoms with Crippen LogP contribution in [0.4, 0.5) is 10.1 Å². The second-order valence-corrected chi connectivity index (χ2v) is 7.72. The normalized spacial score (nSPS) is 11.2. The average molecular weight is 403 g/mol. The summed E-state index contributed by atoms with van der Waals surface area (Å²) >= 11 is 0. The molecule has 0 fully saturated rings. The number of aryl methyl sites for hydroxylation is 1. The quantitative estimate of drug-likeness (QED) is 0.563. The zero-order valence-corrected chi connectivity index (χ0v) is 15.6. The van der Waals surface area contributed by atoms with E-state index in [1.165, 1.54) is 24.3 Å². The molecular formula is C19H18FN3O4S. The molecule has 1 heterocycles. The molecule has 0 spiro atoms. The first kappa shape index (κ1) is 19.6. The van der Waals surface area contributed by atoms with Crippen LogP contribution in [-0.4, -0.2) is 26.0 Å². The lowest BCUT2D eigenvalue weighted by Crippen LogP contribution is -2.25. The van der Waals surface area contributed by atoms with Crippen molar-refractivity contribution >= 4 is 21.6 Å². The molecule has 146 valence electrons. The molecule has 0 unspecified atom stereocenters. The van der Waals surface area contributed by atoms with Crippen LogP contribution >= 0.6 is 0 Å². The van der Waals surface area contributed by atoms with E-state index < -0.39 is 15.8 Å². The summed E-state index contributed by atoms with van der Waals surface area (Å²) in [4.78, 5) is 12.1. The molecule has 0 saturated carbocycles. The number of amides is 1. The Morgan fingerprint density at radius 2 is 1.96 bits per heavy atom. The molecule has 0 atom stereocenters. The Bertz CT molecular complexity index is 1050. The van der Waals surface area contributed by atoms with Crippen LogP contribution in [0, 0.1) is 5.82 Å². The minimum Gasteiger partial charge on any atom is -0.364 e. The molecule has 0 aliphatic carbocycles. The van der Waals surface area contributed by atoms with Crippen molar-refractivity contribution in [1.82, 2.24) is 10.5 Å². The first-order chi connectivity index (χ1) is 13.4. The van der Waals surface area contributed by atoms with Gasteiger partial charge in [-0.3, -0.25) is 9.52 Å². The summed E-state index contributed by atoms with van der Waals surface area (Å²) in [6.45, 7) is 0.448.